The van der Waals surface area contributed by atoms with E-state index in [9.17, 15) is 19.8 Å². The van der Waals surface area contributed by atoms with Crippen LogP contribution in [0.3, 0.4) is 0 Å². The van der Waals surface area contributed by atoms with Gasteiger partial charge in [0.2, 0.25) is 11.8 Å². The third-order valence-corrected chi connectivity index (χ3v) is 6.54. The van der Waals surface area contributed by atoms with Gasteiger partial charge in [-0.25, -0.2) is 4.98 Å². The molecule has 1 fully saturated rings. The molecule has 9 nitrogen and oxygen atoms in total. The molecular weight excluding hydrogens is 438 g/mol. The molecule has 1 aliphatic carbocycles. The maximum atomic E-state index is 13.4. The normalized spacial score (nSPS) is 22.5. The zero-order chi connectivity index (χ0) is 24.9. The number of amides is 2. The van der Waals surface area contributed by atoms with E-state index < -0.39 is 17.7 Å². The number of nitrogens with zero attached hydrogens (tertiary/aromatic N) is 3. The fraction of sp³-hybridized carbons (Fsp3) is 0.640. The molecule has 34 heavy (non-hydrogen) atoms. The van der Waals surface area contributed by atoms with Crippen molar-refractivity contribution in [2.75, 3.05) is 40.5 Å². The molecule has 0 spiro atoms. The molecule has 3 atom stereocenters. The van der Waals surface area contributed by atoms with E-state index in [0.29, 0.717) is 24.9 Å². The molecule has 2 N–H and O–H groups in total. The standard InChI is InChI=1S/C25H35N3O6/c1-17-13-28(18(2)15-29)24(31)20-11-19(7-10-25(32)8-5-6-9-25)12-26-23(20)34-21(17)14-27(3)22(30)16-33-4/h11-12,17-18,21,29,32H,5-6,8-9,13-16H2,1-4H3/t17-,18-,21+/m1/s1. The van der Waals surface area contributed by atoms with Crippen molar-refractivity contribution in [1.29, 1.82) is 0 Å². The lowest BCUT2D eigenvalue weighted by Crippen LogP contribution is -2.50. The first-order valence-electron chi connectivity index (χ1n) is 11.7. The zero-order valence-electron chi connectivity index (χ0n) is 20.4. The Morgan fingerprint density at radius 2 is 2.15 bits per heavy atom. The Morgan fingerprint density at radius 3 is 2.79 bits per heavy atom. The summed E-state index contributed by atoms with van der Waals surface area (Å²) < 4.78 is 11.1. The molecule has 0 unspecified atom stereocenters. The summed E-state index contributed by atoms with van der Waals surface area (Å²) in [6.07, 6.45) is 4.24. The number of likely N-dealkylation sites (N-methyl/N-ethyl adjacent to an activating group) is 1. The van der Waals surface area contributed by atoms with Gasteiger partial charge < -0.3 is 29.5 Å². The van der Waals surface area contributed by atoms with Crippen molar-refractivity contribution in [2.45, 2.75) is 57.3 Å². The number of hydrogen-bond donors (Lipinski definition) is 2. The molecule has 3 rings (SSSR count). The Bertz CT molecular complexity index is 950. The van der Waals surface area contributed by atoms with Crippen molar-refractivity contribution in [3.63, 3.8) is 0 Å². The van der Waals surface area contributed by atoms with E-state index >= 15 is 0 Å². The lowest BCUT2D eigenvalue weighted by atomic mass is 9.99. The van der Waals surface area contributed by atoms with E-state index in [1.165, 1.54) is 18.2 Å². The molecule has 2 heterocycles. The minimum absolute atomic E-state index is 0.0347. The second kappa shape index (κ2) is 11.2. The van der Waals surface area contributed by atoms with Crippen LogP contribution in [0.5, 0.6) is 5.88 Å². The fourth-order valence-corrected chi connectivity index (χ4v) is 4.27. The second-order valence-corrected chi connectivity index (χ2v) is 9.40. The molecule has 186 valence electrons. The highest BCUT2D eigenvalue weighted by Crippen LogP contribution is 2.30. The van der Waals surface area contributed by atoms with Crippen LogP contribution in [0, 0.1) is 17.8 Å². The van der Waals surface area contributed by atoms with Gasteiger partial charge in [-0.05, 0) is 38.7 Å². The molecule has 0 radical (unpaired) electrons. The van der Waals surface area contributed by atoms with E-state index in [-0.39, 0.29) is 48.9 Å². The summed E-state index contributed by atoms with van der Waals surface area (Å²) in [6.45, 7) is 4.12. The van der Waals surface area contributed by atoms with Crippen LogP contribution in [0.2, 0.25) is 0 Å². The van der Waals surface area contributed by atoms with Crippen molar-refractivity contribution >= 4 is 11.8 Å². The highest BCUT2D eigenvalue weighted by molar-refractivity contribution is 5.97. The lowest BCUT2D eigenvalue weighted by Gasteiger charge is -2.37. The highest BCUT2D eigenvalue weighted by Gasteiger charge is 2.35. The number of aromatic nitrogens is 1. The van der Waals surface area contributed by atoms with Crippen LogP contribution in [0.4, 0.5) is 0 Å². The molecule has 1 aromatic rings. The van der Waals surface area contributed by atoms with E-state index in [1.807, 2.05) is 6.92 Å². The Kier molecular flexibility index (Phi) is 8.52. The number of pyridine rings is 1. The van der Waals surface area contributed by atoms with Crippen molar-refractivity contribution in [2.24, 2.45) is 5.92 Å². The van der Waals surface area contributed by atoms with E-state index in [1.54, 1.807) is 24.9 Å². The summed E-state index contributed by atoms with van der Waals surface area (Å²) in [4.78, 5) is 33.2. The number of aliphatic hydroxyl groups is 2. The third-order valence-electron chi connectivity index (χ3n) is 6.54. The van der Waals surface area contributed by atoms with Crippen molar-refractivity contribution in [3.8, 4) is 17.7 Å². The van der Waals surface area contributed by atoms with Gasteiger partial charge in [-0.15, -0.1) is 0 Å². The number of hydrogen-bond acceptors (Lipinski definition) is 7. The minimum atomic E-state index is -0.998. The Balaban J connectivity index is 1.95. The number of aliphatic hydroxyl groups excluding tert-OH is 1. The highest BCUT2D eigenvalue weighted by atomic mass is 16.5. The average molecular weight is 474 g/mol. The Morgan fingerprint density at radius 1 is 1.44 bits per heavy atom. The topological polar surface area (TPSA) is 112 Å². The molecule has 1 saturated carbocycles. The predicted octanol–water partition coefficient (Wildman–Crippen LogP) is 1.06. The summed E-state index contributed by atoms with van der Waals surface area (Å²) >= 11 is 0. The average Bonchev–Trinajstić information content (AvgIpc) is 3.26. The number of fused-ring (bicyclic) bond motifs is 1. The maximum absolute atomic E-state index is 13.4. The van der Waals surface area contributed by atoms with Crippen molar-refractivity contribution in [1.82, 2.24) is 14.8 Å². The zero-order valence-corrected chi connectivity index (χ0v) is 20.4. The first-order chi connectivity index (χ1) is 16.2. The van der Waals surface area contributed by atoms with E-state index in [0.717, 1.165) is 12.8 Å². The van der Waals surface area contributed by atoms with Crippen LogP contribution < -0.4 is 4.74 Å². The number of carbonyl (C=O) groups is 2. The van der Waals surface area contributed by atoms with Crippen molar-refractivity contribution < 1.29 is 29.3 Å². The van der Waals surface area contributed by atoms with Gasteiger partial charge in [-0.2, -0.15) is 0 Å². The summed E-state index contributed by atoms with van der Waals surface area (Å²) in [5, 5.41) is 20.3. The van der Waals surface area contributed by atoms with Crippen LogP contribution in [-0.4, -0.2) is 95.0 Å². The molecule has 0 bridgehead atoms. The van der Waals surface area contributed by atoms with E-state index in [4.69, 9.17) is 9.47 Å². The van der Waals surface area contributed by atoms with Crippen LogP contribution >= 0.6 is 0 Å². The number of methoxy groups -OCH3 is 1. The third kappa shape index (κ3) is 6.06. The van der Waals surface area contributed by atoms with E-state index in [2.05, 4.69) is 16.8 Å². The fourth-order valence-electron chi connectivity index (χ4n) is 4.27. The SMILES string of the molecule is COCC(=O)N(C)C[C@@H]1Oc2ncc(C#CC3(O)CCCC3)cc2C(=O)N([C@H](C)CO)C[C@H]1C. The van der Waals surface area contributed by atoms with Gasteiger partial charge in [0.25, 0.3) is 5.91 Å². The Hall–Kier alpha value is -2.67. The molecule has 9 heteroatoms. The van der Waals surface area contributed by atoms with Gasteiger partial charge in [0.15, 0.2) is 0 Å². The van der Waals surface area contributed by atoms with Crippen LogP contribution in [-0.2, 0) is 9.53 Å². The lowest BCUT2D eigenvalue weighted by molar-refractivity contribution is -0.135. The molecule has 1 aliphatic heterocycles. The Labute approximate surface area is 201 Å². The molecule has 0 saturated heterocycles. The first-order valence-corrected chi connectivity index (χ1v) is 11.7. The van der Waals surface area contributed by atoms with Gasteiger partial charge >= 0.3 is 0 Å². The van der Waals surface area contributed by atoms with Crippen LogP contribution in [0.15, 0.2) is 12.3 Å². The number of carbonyl (C=O) groups excluding carboxylic acids is 2. The van der Waals surface area contributed by atoms with Crippen LogP contribution in [0.25, 0.3) is 0 Å². The smallest absolute Gasteiger partial charge is 0.259 e. The minimum Gasteiger partial charge on any atom is -0.472 e. The molecular formula is C25H35N3O6. The van der Waals surface area contributed by atoms with Gasteiger partial charge in [-0.1, -0.05) is 18.8 Å². The molecule has 0 aromatic carbocycles. The molecule has 1 aromatic heterocycles. The van der Waals surface area contributed by atoms with Crippen molar-refractivity contribution in [3.05, 3.63) is 23.4 Å². The van der Waals surface area contributed by atoms with Gasteiger partial charge in [0.1, 0.15) is 23.9 Å². The summed E-state index contributed by atoms with van der Waals surface area (Å²) in [7, 11) is 3.14. The second-order valence-electron chi connectivity index (χ2n) is 9.40. The quantitative estimate of drug-likeness (QED) is 0.594. The summed E-state index contributed by atoms with van der Waals surface area (Å²) in [6, 6.07) is 1.21. The van der Waals surface area contributed by atoms with Crippen LogP contribution in [0.1, 0.15) is 55.5 Å². The predicted molar refractivity (Wildman–Crippen MR) is 125 cm³/mol. The summed E-state index contributed by atoms with van der Waals surface area (Å²) in [5.74, 6) is 5.45. The molecule has 2 amide bonds. The maximum Gasteiger partial charge on any atom is 0.259 e. The largest absolute Gasteiger partial charge is 0.472 e. The number of ether oxygens (including phenoxy) is 2. The number of rotatable bonds is 6. The van der Waals surface area contributed by atoms with Gasteiger partial charge in [0.05, 0.1) is 19.2 Å². The monoisotopic (exact) mass is 473 g/mol. The molecule has 2 aliphatic rings. The van der Waals surface area contributed by atoms with Gasteiger partial charge in [-0.3, -0.25) is 9.59 Å². The first kappa shape index (κ1) is 25.9. The summed E-state index contributed by atoms with van der Waals surface area (Å²) in [5.41, 5.74) is -0.249. The van der Waals surface area contributed by atoms with Gasteiger partial charge in [0, 0.05) is 38.4 Å².